The zero-order valence-electron chi connectivity index (χ0n) is 10.2. The molecule has 1 fully saturated rings. The number of cyclic esters (lactones) is 1. The van der Waals surface area contributed by atoms with Crippen molar-refractivity contribution in [1.29, 1.82) is 0 Å². The van der Waals surface area contributed by atoms with Gasteiger partial charge < -0.3 is 12.5 Å². The third-order valence-corrected chi connectivity index (χ3v) is 2.82. The molecule has 0 bridgehead atoms. The Hall–Kier alpha value is -0.370. The van der Waals surface area contributed by atoms with Crippen molar-refractivity contribution < 1.29 is 22.1 Å². The van der Waals surface area contributed by atoms with Gasteiger partial charge in [-0.1, -0.05) is 0 Å². The molecule has 1 unspecified atom stereocenters. The van der Waals surface area contributed by atoms with E-state index in [1.807, 2.05) is 0 Å². The van der Waals surface area contributed by atoms with Gasteiger partial charge in [0.2, 0.25) is 0 Å². The fourth-order valence-electron chi connectivity index (χ4n) is 1.43. The normalized spacial score (nSPS) is 24.6. The number of carbonyl (C=O) groups is 2. The van der Waals surface area contributed by atoms with Crippen molar-refractivity contribution in [2.24, 2.45) is 5.41 Å². The van der Waals surface area contributed by atoms with E-state index in [0.29, 0.717) is 12.8 Å². The van der Waals surface area contributed by atoms with Gasteiger partial charge in [-0.2, -0.15) is 0 Å². The topological polar surface area (TPSA) is 61.8 Å². The zero-order valence-corrected chi connectivity index (χ0v) is 12.4. The second-order valence-electron chi connectivity index (χ2n) is 5.24. The standard InChI is InChI=1S/C11H17IO5/c1-10(2,3)9(14)15-6-11(7-16-12)5-4-8(13)17-11/h4-7H2,1-3H3. The van der Waals surface area contributed by atoms with Crippen LogP contribution in [0, 0.1) is 5.41 Å². The Balaban J connectivity index is 2.57. The summed E-state index contributed by atoms with van der Waals surface area (Å²) in [5.41, 5.74) is -1.37. The largest absolute Gasteiger partial charge is 0.461 e. The summed E-state index contributed by atoms with van der Waals surface area (Å²) < 4.78 is 15.4. The minimum Gasteiger partial charge on any atom is -0.461 e. The van der Waals surface area contributed by atoms with Crippen LogP contribution in [-0.4, -0.2) is 30.8 Å². The minimum atomic E-state index is -0.806. The fourth-order valence-corrected chi connectivity index (χ4v) is 2.00. The van der Waals surface area contributed by atoms with Crippen molar-refractivity contribution in [3.8, 4) is 0 Å². The number of hydrogen-bond donors (Lipinski definition) is 0. The van der Waals surface area contributed by atoms with Crippen molar-refractivity contribution in [2.75, 3.05) is 13.2 Å². The summed E-state index contributed by atoms with van der Waals surface area (Å²) in [4.78, 5) is 22.8. The van der Waals surface area contributed by atoms with Crippen molar-refractivity contribution in [3.63, 3.8) is 0 Å². The summed E-state index contributed by atoms with van der Waals surface area (Å²) in [5, 5.41) is 0. The van der Waals surface area contributed by atoms with E-state index in [9.17, 15) is 9.59 Å². The lowest BCUT2D eigenvalue weighted by Gasteiger charge is -2.27. The first-order valence-corrected chi connectivity index (χ1v) is 6.30. The summed E-state index contributed by atoms with van der Waals surface area (Å²) in [5.74, 6) is -0.585. The Bertz CT molecular complexity index is 309. The molecule has 17 heavy (non-hydrogen) atoms. The van der Waals surface area contributed by atoms with Gasteiger partial charge in [0.1, 0.15) is 36.2 Å². The van der Waals surface area contributed by atoms with E-state index in [2.05, 4.69) is 0 Å². The molecule has 0 aliphatic carbocycles. The zero-order chi connectivity index (χ0) is 13.1. The highest BCUT2D eigenvalue weighted by molar-refractivity contribution is 14.1. The Morgan fingerprint density at radius 2 is 2.12 bits per heavy atom. The van der Waals surface area contributed by atoms with Crippen LogP contribution in [-0.2, 0) is 22.1 Å². The molecule has 1 rings (SSSR count). The number of esters is 2. The Labute approximate surface area is 115 Å². The quantitative estimate of drug-likeness (QED) is 0.570. The van der Waals surface area contributed by atoms with E-state index in [-0.39, 0.29) is 25.2 Å². The van der Waals surface area contributed by atoms with Gasteiger partial charge in [0.05, 0.1) is 5.41 Å². The summed E-state index contributed by atoms with van der Waals surface area (Å²) in [6, 6.07) is 0. The highest BCUT2D eigenvalue weighted by Gasteiger charge is 2.42. The molecule has 1 aliphatic rings. The molecule has 0 radical (unpaired) electrons. The summed E-state index contributed by atoms with van der Waals surface area (Å²) in [6.45, 7) is 5.61. The van der Waals surface area contributed by atoms with Gasteiger partial charge in [-0.25, -0.2) is 0 Å². The Kier molecular flexibility index (Phi) is 4.77. The maximum absolute atomic E-state index is 11.6. The van der Waals surface area contributed by atoms with Crippen molar-refractivity contribution >= 4 is 34.9 Å². The van der Waals surface area contributed by atoms with Gasteiger partial charge in [-0.15, -0.1) is 0 Å². The highest BCUT2D eigenvalue weighted by atomic mass is 127. The predicted octanol–water partition coefficient (Wildman–Crippen LogP) is 2.02. The maximum Gasteiger partial charge on any atom is 0.311 e. The van der Waals surface area contributed by atoms with Crippen LogP contribution in [0.2, 0.25) is 0 Å². The second-order valence-corrected chi connectivity index (χ2v) is 5.86. The third kappa shape index (κ3) is 4.09. The van der Waals surface area contributed by atoms with E-state index >= 15 is 0 Å². The van der Waals surface area contributed by atoms with Crippen LogP contribution >= 0.6 is 23.0 Å². The summed E-state index contributed by atoms with van der Waals surface area (Å²) >= 11 is 1.74. The first kappa shape index (κ1) is 14.7. The van der Waals surface area contributed by atoms with Crippen molar-refractivity contribution in [1.82, 2.24) is 0 Å². The SMILES string of the molecule is CC(C)(C)C(=O)OCC1(COI)CCC(=O)O1. The fraction of sp³-hybridized carbons (Fsp3) is 0.818. The van der Waals surface area contributed by atoms with Crippen LogP contribution in [0.1, 0.15) is 33.6 Å². The van der Waals surface area contributed by atoms with Gasteiger partial charge in [-0.3, -0.25) is 9.59 Å². The van der Waals surface area contributed by atoms with Crippen LogP contribution < -0.4 is 0 Å². The van der Waals surface area contributed by atoms with Crippen LogP contribution in [0.5, 0.6) is 0 Å². The minimum absolute atomic E-state index is 0.0534. The smallest absolute Gasteiger partial charge is 0.311 e. The Morgan fingerprint density at radius 3 is 2.53 bits per heavy atom. The van der Waals surface area contributed by atoms with Crippen LogP contribution in [0.25, 0.3) is 0 Å². The molecule has 0 N–H and O–H groups in total. The third-order valence-electron chi connectivity index (χ3n) is 2.51. The van der Waals surface area contributed by atoms with Crippen molar-refractivity contribution in [3.05, 3.63) is 0 Å². The van der Waals surface area contributed by atoms with Gasteiger partial charge in [0.15, 0.2) is 5.60 Å². The van der Waals surface area contributed by atoms with Gasteiger partial charge >= 0.3 is 11.9 Å². The molecule has 1 heterocycles. The molecule has 0 aromatic carbocycles. The molecule has 0 aromatic heterocycles. The van der Waals surface area contributed by atoms with Crippen LogP contribution in [0.4, 0.5) is 0 Å². The molecule has 1 aliphatic heterocycles. The number of halogens is 1. The predicted molar refractivity (Wildman–Crippen MR) is 68.4 cm³/mol. The molecule has 1 atom stereocenters. The lowest BCUT2D eigenvalue weighted by molar-refractivity contribution is -0.170. The highest BCUT2D eigenvalue weighted by Crippen LogP contribution is 2.29. The van der Waals surface area contributed by atoms with E-state index in [1.54, 1.807) is 43.8 Å². The molecule has 0 spiro atoms. The lowest BCUT2D eigenvalue weighted by atomic mass is 9.97. The van der Waals surface area contributed by atoms with Crippen molar-refractivity contribution in [2.45, 2.75) is 39.2 Å². The molecule has 0 saturated carbocycles. The van der Waals surface area contributed by atoms with Gasteiger partial charge in [0.25, 0.3) is 0 Å². The molecule has 0 amide bonds. The van der Waals surface area contributed by atoms with Gasteiger partial charge in [-0.05, 0) is 20.8 Å². The van der Waals surface area contributed by atoms with E-state index in [0.717, 1.165) is 0 Å². The monoisotopic (exact) mass is 356 g/mol. The number of rotatable bonds is 4. The van der Waals surface area contributed by atoms with Crippen LogP contribution in [0.3, 0.4) is 0 Å². The molecule has 0 aromatic rings. The molecule has 1 saturated heterocycles. The first-order valence-electron chi connectivity index (χ1n) is 5.42. The van der Waals surface area contributed by atoms with Crippen LogP contribution in [0.15, 0.2) is 0 Å². The number of ether oxygens (including phenoxy) is 2. The van der Waals surface area contributed by atoms with E-state index in [1.165, 1.54) is 0 Å². The first-order chi connectivity index (χ1) is 7.79. The average molecular weight is 356 g/mol. The average Bonchev–Trinajstić information content (AvgIpc) is 2.56. The Morgan fingerprint density at radius 1 is 1.47 bits per heavy atom. The molecular formula is C11H17IO5. The van der Waals surface area contributed by atoms with E-state index in [4.69, 9.17) is 12.5 Å². The second kappa shape index (κ2) is 5.51. The van der Waals surface area contributed by atoms with Gasteiger partial charge in [0, 0.05) is 12.8 Å². The maximum atomic E-state index is 11.6. The lowest BCUT2D eigenvalue weighted by Crippen LogP contribution is -2.41. The molecular weight excluding hydrogens is 339 g/mol. The molecule has 6 heteroatoms. The number of carbonyl (C=O) groups excluding carboxylic acids is 2. The summed E-state index contributed by atoms with van der Waals surface area (Å²) in [6.07, 6.45) is 0.860. The van der Waals surface area contributed by atoms with E-state index < -0.39 is 11.0 Å². The number of hydrogen-bond acceptors (Lipinski definition) is 5. The molecule has 5 nitrogen and oxygen atoms in total. The molecule has 98 valence electrons. The summed E-state index contributed by atoms with van der Waals surface area (Å²) in [7, 11) is 0.